The molecular weight excluding hydrogens is 620 g/mol. The van der Waals surface area contributed by atoms with Gasteiger partial charge in [-0.1, -0.05) is 0 Å². The standard InChI is InChI=1S/C29H54N8O10/c1-28(42)12-44-26(21(41)24(28)35-2)46-22-13(6-19(39)29(43)7-15(8-29)37-27(33)34)5-18(32)23(20(22)40)47-25-17(31)4-3-16(45-25)10-36-9-14(30)11-38/h3,13-15,17-18,20-26,35-36,38,40-43H,4-12,30-32H2,1-2H3,(H4,33,34,37)/t13-,14?,15?,17+,18-,20+,21+,22-,23?,24+,25+,26+,28-,29?/m0/s1. The van der Waals surface area contributed by atoms with Crippen molar-refractivity contribution in [3.63, 3.8) is 0 Å². The van der Waals surface area contributed by atoms with E-state index in [4.69, 9.17) is 52.7 Å². The first-order chi connectivity index (χ1) is 22.1. The third-order valence-electron chi connectivity index (χ3n) is 9.48. The van der Waals surface area contributed by atoms with E-state index in [9.17, 15) is 25.2 Å². The van der Waals surface area contributed by atoms with Gasteiger partial charge in [0.1, 0.15) is 35.3 Å². The largest absolute Gasteiger partial charge is 0.467 e. The van der Waals surface area contributed by atoms with E-state index >= 15 is 0 Å². The molecule has 0 amide bonds. The van der Waals surface area contributed by atoms with E-state index in [1.54, 1.807) is 7.05 Å². The second-order valence-corrected chi connectivity index (χ2v) is 13.5. The Kier molecular flexibility index (Phi) is 12.6. The molecule has 0 bridgehead atoms. The van der Waals surface area contributed by atoms with Gasteiger partial charge in [0, 0.05) is 37.9 Å². The normalized spacial score (nSPS) is 42.9. The second kappa shape index (κ2) is 15.7. The van der Waals surface area contributed by atoms with Crippen LogP contribution >= 0.6 is 0 Å². The predicted octanol–water partition coefficient (Wildman–Crippen LogP) is -5.49. The summed E-state index contributed by atoms with van der Waals surface area (Å²) in [6.45, 7) is 1.80. The van der Waals surface area contributed by atoms with Crippen molar-refractivity contribution in [2.24, 2.45) is 39.6 Å². The maximum Gasteiger partial charge on any atom is 0.215 e. The van der Waals surface area contributed by atoms with Crippen molar-refractivity contribution in [1.82, 2.24) is 10.6 Å². The molecule has 2 aliphatic carbocycles. The van der Waals surface area contributed by atoms with Crippen molar-refractivity contribution in [1.29, 1.82) is 0 Å². The number of likely N-dealkylation sites (N-methyl/N-ethyl adjacent to an activating group) is 1. The SMILES string of the molecule is CN[C@@H]1[C@@H](O)[C@@H](O[C@H]2[C@H](CC(=O)C3(O)CC(N=C(N)N)C3)C[C@H](N)C(O[C@H]3OC(CNCC(N)CO)=CC[C@H]3N)[C@@H]2O)OC[C@]1(C)O. The quantitative estimate of drug-likeness (QED) is 0.0604. The van der Waals surface area contributed by atoms with Crippen LogP contribution in [0.4, 0.5) is 0 Å². The highest BCUT2D eigenvalue weighted by molar-refractivity contribution is 5.89. The number of hydrogen-bond donors (Lipinski definition) is 12. The lowest BCUT2D eigenvalue weighted by molar-refractivity contribution is -0.308. The fourth-order valence-corrected chi connectivity index (χ4v) is 6.81. The summed E-state index contributed by atoms with van der Waals surface area (Å²) in [5, 5.41) is 59.7. The molecule has 47 heavy (non-hydrogen) atoms. The Morgan fingerprint density at radius 3 is 2.45 bits per heavy atom. The van der Waals surface area contributed by atoms with E-state index in [0.29, 0.717) is 25.3 Å². The van der Waals surface area contributed by atoms with Gasteiger partial charge in [0.05, 0.1) is 44.0 Å². The molecule has 270 valence electrons. The molecule has 3 fully saturated rings. The van der Waals surface area contributed by atoms with E-state index in [1.807, 2.05) is 6.08 Å². The number of aliphatic imine (C=N–C) groups is 1. The van der Waals surface area contributed by atoms with Crippen molar-refractivity contribution in [2.75, 3.05) is 33.4 Å². The summed E-state index contributed by atoms with van der Waals surface area (Å²) in [5.74, 6) is -0.810. The molecule has 2 aliphatic heterocycles. The lowest BCUT2D eigenvalue weighted by Crippen LogP contribution is -2.67. The smallest absolute Gasteiger partial charge is 0.215 e. The summed E-state index contributed by atoms with van der Waals surface area (Å²) in [4.78, 5) is 17.4. The number of rotatable bonds is 14. The van der Waals surface area contributed by atoms with E-state index in [1.165, 1.54) is 6.92 Å². The number of ether oxygens (including phenoxy) is 4. The topological polar surface area (TPSA) is 322 Å². The molecule has 12 atom stereocenters. The molecule has 1 saturated heterocycles. The number of Topliss-reactive ketones (excluding diaryl/α,β-unsaturated/α-hetero) is 1. The molecule has 17 N–H and O–H groups in total. The van der Waals surface area contributed by atoms with Gasteiger partial charge in [0.15, 0.2) is 18.0 Å². The third-order valence-corrected chi connectivity index (χ3v) is 9.48. The van der Waals surface area contributed by atoms with E-state index in [-0.39, 0.29) is 44.9 Å². The molecule has 18 nitrogen and oxygen atoms in total. The first-order valence-corrected chi connectivity index (χ1v) is 16.0. The van der Waals surface area contributed by atoms with Crippen LogP contribution in [-0.4, -0.2) is 149 Å². The molecule has 2 unspecified atom stereocenters. The zero-order valence-electron chi connectivity index (χ0n) is 27.0. The van der Waals surface area contributed by atoms with E-state index in [2.05, 4.69) is 15.6 Å². The van der Waals surface area contributed by atoms with Gasteiger partial charge in [0.2, 0.25) is 6.29 Å². The molecule has 0 aromatic heterocycles. The Labute approximate surface area is 274 Å². The van der Waals surface area contributed by atoms with Gasteiger partial charge in [-0.15, -0.1) is 0 Å². The van der Waals surface area contributed by atoms with Crippen LogP contribution in [0.5, 0.6) is 0 Å². The van der Waals surface area contributed by atoms with Gasteiger partial charge in [-0.05, 0) is 38.8 Å². The summed E-state index contributed by atoms with van der Waals surface area (Å²) >= 11 is 0. The lowest BCUT2D eigenvalue weighted by atomic mass is 9.69. The Morgan fingerprint density at radius 1 is 1.13 bits per heavy atom. The molecule has 0 aromatic rings. The van der Waals surface area contributed by atoms with Gasteiger partial charge < -0.3 is 83.8 Å². The summed E-state index contributed by atoms with van der Waals surface area (Å²) in [6.07, 6.45) is -5.08. The maximum atomic E-state index is 13.4. The van der Waals surface area contributed by atoms with E-state index in [0.717, 1.165) is 0 Å². The minimum atomic E-state index is -1.66. The highest BCUT2D eigenvalue weighted by Gasteiger charge is 2.54. The molecule has 4 rings (SSSR count). The summed E-state index contributed by atoms with van der Waals surface area (Å²) in [7, 11) is 1.58. The van der Waals surface area contributed by atoms with Gasteiger partial charge in [0.25, 0.3) is 0 Å². The number of carbonyl (C=O) groups excluding carboxylic acids is 1. The summed E-state index contributed by atoms with van der Waals surface area (Å²) in [5.41, 5.74) is 26.4. The average Bonchev–Trinajstić information content (AvgIpc) is 2.98. The molecule has 0 aromatic carbocycles. The van der Waals surface area contributed by atoms with E-state index < -0.39 is 90.1 Å². The van der Waals surface area contributed by atoms with Crippen LogP contribution in [0.15, 0.2) is 16.8 Å². The molecule has 18 heteroatoms. The van der Waals surface area contributed by atoms with Crippen molar-refractivity contribution >= 4 is 11.7 Å². The van der Waals surface area contributed by atoms with Gasteiger partial charge in [-0.25, -0.2) is 0 Å². The molecule has 0 spiro atoms. The number of nitrogens with zero attached hydrogens (tertiary/aromatic N) is 1. The predicted molar refractivity (Wildman–Crippen MR) is 168 cm³/mol. The molecule has 2 heterocycles. The first kappa shape index (κ1) is 37.8. The first-order valence-electron chi connectivity index (χ1n) is 16.0. The van der Waals surface area contributed by atoms with Gasteiger partial charge >= 0.3 is 0 Å². The van der Waals surface area contributed by atoms with Crippen molar-refractivity contribution in [3.05, 3.63) is 11.8 Å². The highest BCUT2D eigenvalue weighted by Crippen LogP contribution is 2.41. The highest BCUT2D eigenvalue weighted by atomic mass is 16.7. The number of guanidine groups is 1. The molecular formula is C29H54N8O10. The fraction of sp³-hybridized carbons (Fsp3) is 0.862. The number of aliphatic hydroxyl groups is 5. The van der Waals surface area contributed by atoms with Crippen LogP contribution in [0, 0.1) is 5.92 Å². The monoisotopic (exact) mass is 674 g/mol. The van der Waals surface area contributed by atoms with Crippen LogP contribution in [0.1, 0.15) is 39.0 Å². The van der Waals surface area contributed by atoms with Gasteiger partial charge in [-0.3, -0.25) is 9.79 Å². The minimum Gasteiger partial charge on any atom is -0.467 e. The number of nitrogens with two attached hydrogens (primary N) is 5. The maximum absolute atomic E-state index is 13.4. The summed E-state index contributed by atoms with van der Waals surface area (Å²) in [6, 6.07) is -3.06. The second-order valence-electron chi connectivity index (χ2n) is 13.5. The third kappa shape index (κ3) is 8.96. The van der Waals surface area contributed by atoms with Crippen LogP contribution in [-0.2, 0) is 23.7 Å². The van der Waals surface area contributed by atoms with Gasteiger partial charge in [-0.2, -0.15) is 0 Å². The molecule has 0 radical (unpaired) electrons. The van der Waals surface area contributed by atoms with Crippen LogP contribution in [0.25, 0.3) is 0 Å². The Hall–Kier alpha value is -2.04. The zero-order valence-corrected chi connectivity index (χ0v) is 27.0. The molecule has 4 aliphatic rings. The van der Waals surface area contributed by atoms with Crippen molar-refractivity contribution < 1.29 is 49.3 Å². The Bertz CT molecular complexity index is 1120. The summed E-state index contributed by atoms with van der Waals surface area (Å²) < 4.78 is 24.1. The Morgan fingerprint density at radius 2 is 1.81 bits per heavy atom. The number of carbonyl (C=O) groups is 1. The average molecular weight is 675 g/mol. The number of aliphatic hydroxyl groups excluding tert-OH is 3. The molecule has 2 saturated carbocycles. The number of hydrogen-bond acceptors (Lipinski definition) is 16. The fourth-order valence-electron chi connectivity index (χ4n) is 6.81. The van der Waals surface area contributed by atoms with Crippen LogP contribution < -0.4 is 39.3 Å². The van der Waals surface area contributed by atoms with Crippen molar-refractivity contribution in [2.45, 2.75) is 117 Å². The van der Waals surface area contributed by atoms with Crippen LogP contribution in [0.2, 0.25) is 0 Å². The van der Waals surface area contributed by atoms with Crippen molar-refractivity contribution in [3.8, 4) is 0 Å². The minimum absolute atomic E-state index is 0.0409. The zero-order chi connectivity index (χ0) is 34.7. The van der Waals surface area contributed by atoms with Crippen LogP contribution in [0.3, 0.4) is 0 Å². The number of ketones is 1. The lowest BCUT2D eigenvalue weighted by Gasteiger charge is -2.49. The Balaban J connectivity index is 1.50. The number of nitrogens with one attached hydrogen (secondary N) is 2.